The number of hydrogen-bond donors (Lipinski definition) is 2. The zero-order chi connectivity index (χ0) is 21.4. The van der Waals surface area contributed by atoms with Crippen molar-refractivity contribution in [3.8, 4) is 0 Å². The number of nitrogens with zero attached hydrogens (tertiary/aromatic N) is 4. The first kappa shape index (κ1) is 21.0. The lowest BCUT2D eigenvalue weighted by atomic mass is 9.73. The number of carbonyl (C=O) groups excluding carboxylic acids is 2. The smallest absolute Gasteiger partial charge is 0.273 e. The highest BCUT2D eigenvalue weighted by atomic mass is 32.1. The Morgan fingerprint density at radius 1 is 1.37 bits per heavy atom. The van der Waals surface area contributed by atoms with Gasteiger partial charge in [0.1, 0.15) is 18.3 Å². The average molecular weight is 434 g/mol. The predicted octanol–water partition coefficient (Wildman–Crippen LogP) is 0.979. The number of rotatable bonds is 4. The fraction of sp³-hybridized carbons (Fsp3) is 0.600. The Morgan fingerprint density at radius 3 is 2.77 bits per heavy atom. The fourth-order valence-corrected chi connectivity index (χ4v) is 4.96. The molecule has 0 bridgehead atoms. The van der Waals surface area contributed by atoms with E-state index in [0.29, 0.717) is 44.7 Å². The van der Waals surface area contributed by atoms with Crippen molar-refractivity contribution in [2.75, 3.05) is 19.7 Å². The normalized spacial score (nSPS) is 26.0. The van der Waals surface area contributed by atoms with Gasteiger partial charge < -0.3 is 20.1 Å². The molecule has 4 heterocycles. The topological polar surface area (TPSA) is 110 Å². The van der Waals surface area contributed by atoms with Crippen molar-refractivity contribution in [2.24, 2.45) is 0 Å². The molecule has 0 aromatic carbocycles. The van der Waals surface area contributed by atoms with Gasteiger partial charge in [0, 0.05) is 31.3 Å². The van der Waals surface area contributed by atoms with Gasteiger partial charge in [0.2, 0.25) is 5.91 Å². The summed E-state index contributed by atoms with van der Waals surface area (Å²) in [6, 6.07) is 1.84. The van der Waals surface area contributed by atoms with Gasteiger partial charge in [0.05, 0.1) is 22.3 Å². The summed E-state index contributed by atoms with van der Waals surface area (Å²) in [5.41, 5.74) is 1.36. The zero-order valence-corrected chi connectivity index (χ0v) is 18.0. The van der Waals surface area contributed by atoms with Crippen LogP contribution in [0.3, 0.4) is 0 Å². The van der Waals surface area contributed by atoms with Crippen LogP contribution in [-0.4, -0.2) is 73.5 Å². The maximum Gasteiger partial charge on any atom is 0.273 e. The molecule has 2 N–H and O–H groups in total. The van der Waals surface area contributed by atoms with Crippen LogP contribution in [0.1, 0.15) is 42.4 Å². The van der Waals surface area contributed by atoms with E-state index in [2.05, 4.69) is 15.4 Å². The SMILES string of the molecule is Cc1ccn(CC(=O)N[C@]2(C)CCOC3(CCN(C(=O)c4cscn4)CC3)[C@H]2O)n1. The molecule has 2 aromatic heterocycles. The van der Waals surface area contributed by atoms with Crippen LogP contribution in [0, 0.1) is 6.92 Å². The summed E-state index contributed by atoms with van der Waals surface area (Å²) in [7, 11) is 0. The molecule has 1 spiro atoms. The van der Waals surface area contributed by atoms with Gasteiger partial charge in [0.25, 0.3) is 5.91 Å². The molecule has 2 aliphatic rings. The molecule has 4 rings (SSSR count). The Hall–Kier alpha value is -2.30. The van der Waals surface area contributed by atoms with E-state index < -0.39 is 17.2 Å². The molecule has 10 heteroatoms. The molecule has 0 unspecified atom stereocenters. The number of hydrogen-bond acceptors (Lipinski definition) is 7. The number of piperidine rings is 1. The van der Waals surface area contributed by atoms with E-state index in [-0.39, 0.29) is 18.4 Å². The summed E-state index contributed by atoms with van der Waals surface area (Å²) in [6.07, 6.45) is 2.41. The molecular formula is C20H27N5O4S. The van der Waals surface area contributed by atoms with Crippen molar-refractivity contribution in [2.45, 2.75) is 56.9 Å². The summed E-state index contributed by atoms with van der Waals surface area (Å²) < 4.78 is 7.65. The lowest BCUT2D eigenvalue weighted by Gasteiger charge is -2.53. The molecule has 2 aliphatic heterocycles. The van der Waals surface area contributed by atoms with Gasteiger partial charge in [-0.3, -0.25) is 14.3 Å². The molecular weight excluding hydrogens is 406 g/mol. The second-order valence-electron chi connectivity index (χ2n) is 8.35. The van der Waals surface area contributed by atoms with E-state index in [9.17, 15) is 14.7 Å². The third kappa shape index (κ3) is 3.99. The van der Waals surface area contributed by atoms with Crippen LogP contribution in [0.4, 0.5) is 0 Å². The molecule has 2 saturated heterocycles. The monoisotopic (exact) mass is 433 g/mol. The number of aromatic nitrogens is 3. The zero-order valence-electron chi connectivity index (χ0n) is 17.2. The number of carbonyl (C=O) groups is 2. The molecule has 0 aliphatic carbocycles. The van der Waals surface area contributed by atoms with E-state index >= 15 is 0 Å². The highest BCUT2D eigenvalue weighted by Crippen LogP contribution is 2.40. The third-order valence-electron chi connectivity index (χ3n) is 6.17. The number of thiazole rings is 1. The van der Waals surface area contributed by atoms with E-state index in [1.165, 1.54) is 11.3 Å². The van der Waals surface area contributed by atoms with Gasteiger partial charge in [0.15, 0.2) is 0 Å². The lowest BCUT2D eigenvalue weighted by Crippen LogP contribution is -2.69. The van der Waals surface area contributed by atoms with Gasteiger partial charge in [-0.1, -0.05) is 0 Å². The maximum atomic E-state index is 12.6. The number of aryl methyl sites for hydroxylation is 1. The van der Waals surface area contributed by atoms with Crippen LogP contribution >= 0.6 is 11.3 Å². The summed E-state index contributed by atoms with van der Waals surface area (Å²) in [5, 5.41) is 20.3. The van der Waals surface area contributed by atoms with Crippen molar-refractivity contribution >= 4 is 23.2 Å². The molecule has 2 fully saturated rings. The van der Waals surface area contributed by atoms with Gasteiger partial charge >= 0.3 is 0 Å². The van der Waals surface area contributed by atoms with E-state index in [1.54, 1.807) is 26.7 Å². The van der Waals surface area contributed by atoms with Crippen molar-refractivity contribution < 1.29 is 19.4 Å². The number of aliphatic hydroxyl groups is 1. The third-order valence-corrected chi connectivity index (χ3v) is 6.75. The Kier molecular flexibility index (Phi) is 5.65. The molecule has 2 aromatic rings. The Balaban J connectivity index is 1.40. The highest BCUT2D eigenvalue weighted by molar-refractivity contribution is 7.07. The minimum atomic E-state index is -0.876. The fourth-order valence-electron chi connectivity index (χ4n) is 4.44. The van der Waals surface area contributed by atoms with Crippen LogP contribution in [0.15, 0.2) is 23.2 Å². The summed E-state index contributed by atoms with van der Waals surface area (Å²) in [5.74, 6) is -0.296. The van der Waals surface area contributed by atoms with Gasteiger partial charge in [-0.25, -0.2) is 4.98 Å². The van der Waals surface area contributed by atoms with Crippen molar-refractivity contribution in [1.29, 1.82) is 0 Å². The predicted molar refractivity (Wildman–Crippen MR) is 110 cm³/mol. The van der Waals surface area contributed by atoms with Crippen molar-refractivity contribution in [3.63, 3.8) is 0 Å². The van der Waals surface area contributed by atoms with E-state index in [0.717, 1.165) is 5.69 Å². The average Bonchev–Trinajstić information content (AvgIpc) is 3.38. The van der Waals surface area contributed by atoms with Gasteiger partial charge in [-0.05, 0) is 39.2 Å². The van der Waals surface area contributed by atoms with Crippen molar-refractivity contribution in [3.05, 3.63) is 34.5 Å². The first-order valence-electron chi connectivity index (χ1n) is 10.1. The molecule has 0 saturated carbocycles. The van der Waals surface area contributed by atoms with Crippen LogP contribution in [0.5, 0.6) is 0 Å². The Morgan fingerprint density at radius 2 is 2.13 bits per heavy atom. The maximum absolute atomic E-state index is 12.6. The molecule has 162 valence electrons. The number of ether oxygens (including phenoxy) is 1. The minimum absolute atomic E-state index is 0.0954. The van der Waals surface area contributed by atoms with Gasteiger partial charge in [-0.15, -0.1) is 11.3 Å². The van der Waals surface area contributed by atoms with Crippen molar-refractivity contribution in [1.82, 2.24) is 25.0 Å². The summed E-state index contributed by atoms with van der Waals surface area (Å²) in [6.45, 7) is 5.22. The number of likely N-dealkylation sites (tertiary alicyclic amines) is 1. The second-order valence-corrected chi connectivity index (χ2v) is 9.07. The second kappa shape index (κ2) is 8.09. The molecule has 30 heavy (non-hydrogen) atoms. The number of aliphatic hydroxyl groups excluding tert-OH is 1. The summed E-state index contributed by atoms with van der Waals surface area (Å²) in [4.78, 5) is 31.0. The van der Waals surface area contributed by atoms with E-state index in [1.807, 2.05) is 19.9 Å². The Bertz CT molecular complexity index is 906. The van der Waals surface area contributed by atoms with Crippen LogP contribution in [0.2, 0.25) is 0 Å². The minimum Gasteiger partial charge on any atom is -0.388 e. The molecule has 9 nitrogen and oxygen atoms in total. The lowest BCUT2D eigenvalue weighted by molar-refractivity contribution is -0.205. The highest BCUT2D eigenvalue weighted by Gasteiger charge is 2.54. The largest absolute Gasteiger partial charge is 0.388 e. The summed E-state index contributed by atoms with van der Waals surface area (Å²) >= 11 is 1.39. The first-order chi connectivity index (χ1) is 14.3. The molecule has 0 radical (unpaired) electrons. The first-order valence-corrected chi connectivity index (χ1v) is 11.1. The quantitative estimate of drug-likeness (QED) is 0.744. The number of amides is 2. The number of nitrogens with one attached hydrogen (secondary N) is 1. The standard InChI is InChI=1S/C20H27N5O4S/c1-14-3-7-25(23-14)11-16(26)22-19(2)6-10-29-20(18(19)28)4-8-24(9-5-20)17(27)15-12-30-13-21-15/h3,7,12-13,18,28H,4-6,8-11H2,1-2H3,(H,22,26)/t18-,19+/m0/s1. The van der Waals surface area contributed by atoms with Gasteiger partial charge in [-0.2, -0.15) is 5.10 Å². The van der Waals surface area contributed by atoms with Crippen LogP contribution in [0.25, 0.3) is 0 Å². The Labute approximate surface area is 179 Å². The molecule has 2 amide bonds. The molecule has 2 atom stereocenters. The van der Waals surface area contributed by atoms with E-state index in [4.69, 9.17) is 4.74 Å². The van der Waals surface area contributed by atoms with Crippen LogP contribution in [-0.2, 0) is 16.1 Å². The van der Waals surface area contributed by atoms with Crippen LogP contribution < -0.4 is 5.32 Å².